The number of piperidine rings is 1. The molecule has 0 aromatic carbocycles. The molecule has 3 aliphatic rings. The molecular formula is C24H36N8O. The Labute approximate surface area is 195 Å². The lowest BCUT2D eigenvalue weighted by atomic mass is 9.92. The Hall–Kier alpha value is -3.20. The van der Waals surface area contributed by atoms with Crippen molar-refractivity contribution in [3.63, 3.8) is 0 Å². The van der Waals surface area contributed by atoms with Crippen molar-refractivity contribution in [1.29, 1.82) is 0 Å². The molecule has 2 fully saturated rings. The van der Waals surface area contributed by atoms with Gasteiger partial charge in [-0.25, -0.2) is 9.97 Å². The van der Waals surface area contributed by atoms with E-state index in [9.17, 15) is 5.11 Å². The summed E-state index contributed by atoms with van der Waals surface area (Å²) in [4.78, 5) is 13.8. The number of hydrogen-bond donors (Lipinski definition) is 5. The number of aromatic nitrogens is 2. The molecule has 0 amide bonds. The van der Waals surface area contributed by atoms with Crippen molar-refractivity contribution in [1.82, 2.24) is 25.5 Å². The molecule has 4 rings (SSSR count). The molecule has 1 aromatic rings. The van der Waals surface area contributed by atoms with Crippen molar-refractivity contribution in [2.75, 3.05) is 51.2 Å². The lowest BCUT2D eigenvalue weighted by molar-refractivity contribution is 0.323. The molecule has 9 nitrogen and oxygen atoms in total. The number of nitrogens with zero attached hydrogens (tertiary/aromatic N) is 4. The maximum Gasteiger partial charge on any atom is 0.225 e. The third kappa shape index (κ3) is 5.42. The molecule has 178 valence electrons. The number of allylic oxidation sites excluding steroid dienone is 3. The highest BCUT2D eigenvalue weighted by Gasteiger charge is 2.23. The molecule has 0 unspecified atom stereocenters. The average Bonchev–Trinajstić information content (AvgIpc) is 2.88. The summed E-state index contributed by atoms with van der Waals surface area (Å²) in [6.45, 7) is 5.23. The number of aliphatic hydroxyl groups excluding tert-OH is 1. The van der Waals surface area contributed by atoms with Gasteiger partial charge < -0.3 is 37.0 Å². The summed E-state index contributed by atoms with van der Waals surface area (Å²) in [6.07, 6.45) is 13.6. The highest BCUT2D eigenvalue weighted by molar-refractivity contribution is 5.46. The Morgan fingerprint density at radius 2 is 1.76 bits per heavy atom. The highest BCUT2D eigenvalue weighted by Crippen LogP contribution is 2.26. The molecule has 3 heterocycles. The zero-order valence-corrected chi connectivity index (χ0v) is 19.4. The van der Waals surface area contributed by atoms with Gasteiger partial charge in [-0.1, -0.05) is 6.08 Å². The smallest absolute Gasteiger partial charge is 0.225 e. The maximum absolute atomic E-state index is 10.2. The van der Waals surface area contributed by atoms with Crippen LogP contribution in [0.2, 0.25) is 0 Å². The topological polar surface area (TPSA) is 129 Å². The number of aliphatic hydroxyl groups is 1. The normalized spacial score (nSPS) is 21.3. The van der Waals surface area contributed by atoms with Crippen LogP contribution in [0.15, 0.2) is 59.2 Å². The summed E-state index contributed by atoms with van der Waals surface area (Å²) >= 11 is 0. The second kappa shape index (κ2) is 10.6. The standard InChI is InChI=1S/C24H36N8O/c1-27-23(26)21(14-20(25)19-4-2-3-5-22(19)33)31-10-12-32(13-11-31)24-29-15-18(16-30-24)17-6-8-28-9-7-17/h4-5,14-17,27-28,33H,2-3,6-13,25-26H2,1H3/b20-14-,23-21-. The third-order valence-electron chi connectivity index (χ3n) is 6.65. The van der Waals surface area contributed by atoms with Crippen LogP contribution in [0.1, 0.15) is 37.2 Å². The fraction of sp³-hybridized carbons (Fsp3) is 0.500. The number of nitrogens with one attached hydrogen (secondary N) is 2. The van der Waals surface area contributed by atoms with E-state index in [4.69, 9.17) is 11.5 Å². The molecule has 0 spiro atoms. The zero-order chi connectivity index (χ0) is 23.2. The SMILES string of the molecule is CN/C(N)=C(/C=C(\N)C1=CCCC=C1O)N1CCN(c2ncc(C3CCNCC3)cn2)CC1. The van der Waals surface area contributed by atoms with Crippen LogP contribution in [0.25, 0.3) is 0 Å². The molecule has 1 aromatic heterocycles. The molecule has 0 radical (unpaired) electrons. The summed E-state index contributed by atoms with van der Waals surface area (Å²) < 4.78 is 0. The van der Waals surface area contributed by atoms with E-state index in [2.05, 4.69) is 30.4 Å². The Morgan fingerprint density at radius 3 is 2.39 bits per heavy atom. The Bertz CT molecular complexity index is 936. The first-order valence-electron chi connectivity index (χ1n) is 11.8. The van der Waals surface area contributed by atoms with Gasteiger partial charge in [0.15, 0.2) is 0 Å². The Morgan fingerprint density at radius 1 is 1.09 bits per heavy atom. The molecule has 7 N–H and O–H groups in total. The van der Waals surface area contributed by atoms with Crippen LogP contribution in [-0.4, -0.2) is 66.3 Å². The van der Waals surface area contributed by atoms with Gasteiger partial charge in [0.05, 0.1) is 5.70 Å². The van der Waals surface area contributed by atoms with Crippen LogP contribution >= 0.6 is 0 Å². The first-order valence-corrected chi connectivity index (χ1v) is 11.8. The molecule has 0 saturated carbocycles. The van der Waals surface area contributed by atoms with E-state index in [1.807, 2.05) is 24.5 Å². The van der Waals surface area contributed by atoms with E-state index in [0.29, 0.717) is 23.0 Å². The molecule has 9 heteroatoms. The van der Waals surface area contributed by atoms with Crippen molar-refractivity contribution in [3.8, 4) is 0 Å². The second-order valence-corrected chi connectivity index (χ2v) is 8.75. The van der Waals surface area contributed by atoms with E-state index in [-0.39, 0.29) is 5.76 Å². The fourth-order valence-electron chi connectivity index (χ4n) is 4.63. The first-order chi connectivity index (χ1) is 16.1. The second-order valence-electron chi connectivity index (χ2n) is 8.75. The summed E-state index contributed by atoms with van der Waals surface area (Å²) in [6, 6.07) is 0. The molecule has 0 bridgehead atoms. The van der Waals surface area contributed by atoms with E-state index in [1.165, 1.54) is 5.56 Å². The van der Waals surface area contributed by atoms with E-state index in [1.54, 1.807) is 13.1 Å². The van der Waals surface area contributed by atoms with Gasteiger partial charge in [0.25, 0.3) is 0 Å². The largest absolute Gasteiger partial charge is 0.508 e. The van der Waals surface area contributed by atoms with E-state index >= 15 is 0 Å². The lowest BCUT2D eigenvalue weighted by Crippen LogP contribution is -2.47. The van der Waals surface area contributed by atoms with Gasteiger partial charge in [-0.15, -0.1) is 0 Å². The number of nitrogens with two attached hydrogens (primary N) is 2. The van der Waals surface area contributed by atoms with Gasteiger partial charge in [0.2, 0.25) is 5.95 Å². The lowest BCUT2D eigenvalue weighted by Gasteiger charge is -2.37. The molecule has 1 aliphatic carbocycles. The van der Waals surface area contributed by atoms with E-state index < -0.39 is 0 Å². The number of anilines is 1. The maximum atomic E-state index is 10.2. The van der Waals surface area contributed by atoms with Crippen molar-refractivity contribution < 1.29 is 5.11 Å². The van der Waals surface area contributed by atoms with Gasteiger partial charge in [0.1, 0.15) is 11.6 Å². The Kier molecular flexibility index (Phi) is 7.39. The predicted octanol–water partition coefficient (Wildman–Crippen LogP) is 1.42. The molecule has 2 saturated heterocycles. The number of piperazine rings is 1. The van der Waals surface area contributed by atoms with E-state index in [0.717, 1.165) is 76.6 Å². The van der Waals surface area contributed by atoms with Gasteiger partial charge in [-0.3, -0.25) is 0 Å². The van der Waals surface area contributed by atoms with Crippen molar-refractivity contribution in [2.24, 2.45) is 11.5 Å². The monoisotopic (exact) mass is 452 g/mol. The minimum atomic E-state index is 0.229. The minimum absolute atomic E-state index is 0.229. The van der Waals surface area contributed by atoms with Crippen molar-refractivity contribution in [3.05, 3.63) is 64.7 Å². The molecule has 0 atom stereocenters. The summed E-state index contributed by atoms with van der Waals surface area (Å²) in [5, 5.41) is 16.6. The van der Waals surface area contributed by atoms with Crippen molar-refractivity contribution >= 4 is 5.95 Å². The number of hydrogen-bond acceptors (Lipinski definition) is 9. The van der Waals surface area contributed by atoms with Gasteiger partial charge in [0, 0.05) is 56.9 Å². The van der Waals surface area contributed by atoms with Crippen LogP contribution in [0.4, 0.5) is 5.95 Å². The highest BCUT2D eigenvalue weighted by atomic mass is 16.3. The first kappa shape index (κ1) is 23.0. The van der Waals surface area contributed by atoms with Gasteiger partial charge in [-0.2, -0.15) is 0 Å². The van der Waals surface area contributed by atoms with Gasteiger partial charge in [-0.05, 0) is 62.4 Å². The van der Waals surface area contributed by atoms with Crippen LogP contribution in [0.5, 0.6) is 0 Å². The minimum Gasteiger partial charge on any atom is -0.508 e. The molecule has 33 heavy (non-hydrogen) atoms. The van der Waals surface area contributed by atoms with Crippen molar-refractivity contribution in [2.45, 2.75) is 31.6 Å². The zero-order valence-electron chi connectivity index (χ0n) is 19.4. The summed E-state index contributed by atoms with van der Waals surface area (Å²) in [5.41, 5.74) is 15.9. The summed E-state index contributed by atoms with van der Waals surface area (Å²) in [5.74, 6) is 2.11. The summed E-state index contributed by atoms with van der Waals surface area (Å²) in [7, 11) is 1.80. The Balaban J connectivity index is 1.42. The van der Waals surface area contributed by atoms with Crippen LogP contribution in [-0.2, 0) is 0 Å². The van der Waals surface area contributed by atoms with Crippen LogP contribution < -0.4 is 27.0 Å². The fourth-order valence-corrected chi connectivity index (χ4v) is 4.63. The van der Waals surface area contributed by atoms with Gasteiger partial charge >= 0.3 is 0 Å². The average molecular weight is 453 g/mol. The molecule has 2 aliphatic heterocycles. The molecular weight excluding hydrogens is 416 g/mol. The van der Waals surface area contributed by atoms with Crippen LogP contribution in [0.3, 0.4) is 0 Å². The third-order valence-corrected chi connectivity index (χ3v) is 6.65. The predicted molar refractivity (Wildman–Crippen MR) is 131 cm³/mol. The number of rotatable bonds is 6. The van der Waals surface area contributed by atoms with Crippen LogP contribution in [0, 0.1) is 0 Å². The quantitative estimate of drug-likeness (QED) is 0.407.